The number of aryl methyl sites for hydroxylation is 1. The Labute approximate surface area is 284 Å². The van der Waals surface area contributed by atoms with Crippen molar-refractivity contribution in [1.29, 1.82) is 0 Å². The number of fused-ring (bicyclic) bond motifs is 1. The second kappa shape index (κ2) is 14.4. The molecule has 1 amide bonds. The number of hydrogen-bond acceptors (Lipinski definition) is 6. The third kappa shape index (κ3) is 7.09. The topological polar surface area (TPSA) is 105 Å². The van der Waals surface area contributed by atoms with Gasteiger partial charge in [-0.2, -0.15) is 0 Å². The van der Waals surface area contributed by atoms with Gasteiger partial charge in [-0.05, 0) is 79.3 Å². The maximum Gasteiger partial charge on any atom is 0.303 e. The van der Waals surface area contributed by atoms with Crippen LogP contribution in [-0.2, 0) is 21.0 Å². The number of rotatable bonds is 10. The van der Waals surface area contributed by atoms with Crippen molar-refractivity contribution in [3.8, 4) is 11.5 Å². The first kappa shape index (κ1) is 32.8. The molecule has 2 aliphatic rings. The van der Waals surface area contributed by atoms with Crippen LogP contribution in [0.15, 0.2) is 102 Å². The van der Waals surface area contributed by atoms with E-state index in [1.165, 1.54) is 0 Å². The largest absolute Gasteiger partial charge is 0.490 e. The van der Waals surface area contributed by atoms with Crippen LogP contribution in [0.25, 0.3) is 0 Å². The summed E-state index contributed by atoms with van der Waals surface area (Å²) in [7, 11) is 0. The summed E-state index contributed by atoms with van der Waals surface area (Å²) in [6.07, 6.45) is 0.263. The summed E-state index contributed by atoms with van der Waals surface area (Å²) in [5.74, 6) is -0.625. The second-order valence-corrected chi connectivity index (χ2v) is 12.5. The molecule has 1 heterocycles. The molecule has 9 heteroatoms. The van der Waals surface area contributed by atoms with Gasteiger partial charge in [-0.15, -0.1) is 0 Å². The van der Waals surface area contributed by atoms with Crippen LogP contribution in [-0.4, -0.2) is 29.4 Å². The van der Waals surface area contributed by atoms with Crippen LogP contribution in [0.1, 0.15) is 66.8 Å². The smallest absolute Gasteiger partial charge is 0.303 e. The monoisotopic (exact) mass is 664 g/mol. The number of carbonyl (C=O) groups is 3. The number of halogens is 1. The summed E-state index contributed by atoms with van der Waals surface area (Å²) in [6, 6.07) is 27.6. The van der Waals surface area contributed by atoms with Crippen LogP contribution in [0.5, 0.6) is 11.5 Å². The number of Topliss-reactive ketones (excluding diaryl/α,β-unsaturated/α-hetero) is 1. The van der Waals surface area contributed by atoms with Gasteiger partial charge in [0.05, 0.1) is 30.4 Å². The lowest BCUT2D eigenvalue weighted by Crippen LogP contribution is -2.38. The number of aliphatic carboxylic acids is 1. The number of carboxylic acids is 1. The molecule has 2 N–H and O–H groups in total. The Bertz CT molecular complexity index is 1870. The zero-order valence-corrected chi connectivity index (χ0v) is 27.6. The highest BCUT2D eigenvalue weighted by Gasteiger charge is 2.42. The van der Waals surface area contributed by atoms with Crippen LogP contribution >= 0.6 is 11.6 Å². The molecule has 246 valence electrons. The van der Waals surface area contributed by atoms with Crippen molar-refractivity contribution < 1.29 is 29.0 Å². The second-order valence-electron chi connectivity index (χ2n) is 12.1. The lowest BCUT2D eigenvalue weighted by Gasteiger charge is -2.35. The number of allylic oxidation sites excluding steroid dienone is 1. The number of carbonyl (C=O) groups excluding carboxylic acids is 2. The van der Waals surface area contributed by atoms with Crippen molar-refractivity contribution in [1.82, 2.24) is 0 Å². The third-order valence-electron chi connectivity index (χ3n) is 8.75. The molecule has 0 fully saturated rings. The van der Waals surface area contributed by atoms with E-state index in [1.807, 2.05) is 62.4 Å². The summed E-state index contributed by atoms with van der Waals surface area (Å²) in [4.78, 5) is 41.6. The Balaban J connectivity index is 1.46. The Morgan fingerprint density at radius 1 is 0.896 bits per heavy atom. The molecule has 4 aromatic rings. The lowest BCUT2D eigenvalue weighted by molar-refractivity contribution is -0.138. The minimum absolute atomic E-state index is 0.0472. The highest BCUT2D eigenvalue weighted by molar-refractivity contribution is 6.30. The van der Waals surface area contributed by atoms with Gasteiger partial charge in [0, 0.05) is 29.1 Å². The van der Waals surface area contributed by atoms with Gasteiger partial charge in [0.1, 0.15) is 6.61 Å². The summed E-state index contributed by atoms with van der Waals surface area (Å²) in [5.41, 5.74) is 6.25. The highest BCUT2D eigenvalue weighted by Crippen LogP contribution is 2.48. The molecule has 6 rings (SSSR count). The van der Waals surface area contributed by atoms with E-state index in [9.17, 15) is 19.5 Å². The molecule has 0 bridgehead atoms. The van der Waals surface area contributed by atoms with E-state index in [4.69, 9.17) is 21.1 Å². The molecule has 1 aliphatic carbocycles. The lowest BCUT2D eigenvalue weighted by atomic mass is 9.78. The van der Waals surface area contributed by atoms with Gasteiger partial charge < -0.3 is 19.9 Å². The number of anilines is 2. The Morgan fingerprint density at radius 3 is 2.35 bits per heavy atom. The van der Waals surface area contributed by atoms with Crippen molar-refractivity contribution in [2.45, 2.75) is 58.1 Å². The van der Waals surface area contributed by atoms with E-state index >= 15 is 0 Å². The molecule has 4 aromatic carbocycles. The zero-order valence-electron chi connectivity index (χ0n) is 26.9. The van der Waals surface area contributed by atoms with E-state index in [2.05, 4.69) is 29.6 Å². The van der Waals surface area contributed by atoms with Gasteiger partial charge in [0.2, 0.25) is 5.91 Å². The predicted octanol–water partition coefficient (Wildman–Crippen LogP) is 8.39. The quantitative estimate of drug-likeness (QED) is 0.175. The van der Waals surface area contributed by atoms with Crippen LogP contribution in [0.2, 0.25) is 5.02 Å². The molecule has 2 atom stereocenters. The van der Waals surface area contributed by atoms with Gasteiger partial charge in [-0.1, -0.05) is 71.8 Å². The molecular weight excluding hydrogens is 628 g/mol. The van der Waals surface area contributed by atoms with Gasteiger partial charge in [-0.3, -0.25) is 19.3 Å². The van der Waals surface area contributed by atoms with Gasteiger partial charge in [0.25, 0.3) is 0 Å². The maximum absolute atomic E-state index is 14.4. The van der Waals surface area contributed by atoms with E-state index in [1.54, 1.807) is 23.1 Å². The fourth-order valence-electron chi connectivity index (χ4n) is 6.41. The molecule has 48 heavy (non-hydrogen) atoms. The molecule has 0 aromatic heterocycles. The fourth-order valence-corrected chi connectivity index (χ4v) is 6.54. The molecule has 0 saturated heterocycles. The predicted molar refractivity (Wildman–Crippen MR) is 186 cm³/mol. The van der Waals surface area contributed by atoms with Gasteiger partial charge in [-0.25, -0.2) is 0 Å². The first-order chi connectivity index (χ1) is 23.2. The molecule has 1 aliphatic heterocycles. The van der Waals surface area contributed by atoms with Crippen LogP contribution < -0.4 is 19.7 Å². The summed E-state index contributed by atoms with van der Waals surface area (Å²) < 4.78 is 12.2. The average Bonchev–Trinajstić information content (AvgIpc) is 3.22. The first-order valence-corrected chi connectivity index (χ1v) is 16.5. The molecule has 0 unspecified atom stereocenters. The Hall–Kier alpha value is -5.08. The van der Waals surface area contributed by atoms with Crippen molar-refractivity contribution in [2.75, 3.05) is 16.8 Å². The number of carboxylic acid groups (broad SMARTS) is 1. The minimum atomic E-state index is -1.07. The third-order valence-corrected chi connectivity index (χ3v) is 9.00. The van der Waals surface area contributed by atoms with Crippen molar-refractivity contribution in [2.24, 2.45) is 0 Å². The SMILES string of the molecule is CCOc1cc([C@@H]2C3=C(C[C@H](c4ccc(C)cc4)CC3=O)Nc3ccccc3N2C(=O)CCC(=O)O)ccc1OCc1ccc(Cl)cc1. The zero-order chi connectivity index (χ0) is 33.8. The van der Waals surface area contributed by atoms with Crippen LogP contribution in [0.3, 0.4) is 0 Å². The minimum Gasteiger partial charge on any atom is -0.490 e. The number of nitrogens with one attached hydrogen (secondary N) is 1. The van der Waals surface area contributed by atoms with Crippen molar-refractivity contribution in [3.05, 3.63) is 130 Å². The van der Waals surface area contributed by atoms with Gasteiger partial charge >= 0.3 is 5.97 Å². The molecule has 0 spiro atoms. The molecule has 0 radical (unpaired) electrons. The van der Waals surface area contributed by atoms with E-state index in [-0.39, 0.29) is 37.6 Å². The molecule has 0 saturated carbocycles. The summed E-state index contributed by atoms with van der Waals surface area (Å²) in [5, 5.41) is 13.6. The maximum atomic E-state index is 14.4. The Kier molecular flexibility index (Phi) is 9.82. The summed E-state index contributed by atoms with van der Waals surface area (Å²) >= 11 is 6.05. The van der Waals surface area contributed by atoms with E-state index in [0.29, 0.717) is 52.1 Å². The average molecular weight is 665 g/mol. The number of para-hydroxylation sites is 2. The number of ether oxygens (including phenoxy) is 2. The van der Waals surface area contributed by atoms with Crippen molar-refractivity contribution >= 4 is 40.6 Å². The number of hydrogen-bond donors (Lipinski definition) is 2. The van der Waals surface area contributed by atoms with Crippen LogP contribution in [0.4, 0.5) is 11.4 Å². The number of amides is 1. The fraction of sp³-hybridized carbons (Fsp3) is 0.256. The normalized spacial score (nSPS) is 17.1. The number of benzene rings is 4. The van der Waals surface area contributed by atoms with E-state index in [0.717, 1.165) is 22.4 Å². The Morgan fingerprint density at radius 2 is 1.62 bits per heavy atom. The number of ketones is 1. The van der Waals surface area contributed by atoms with Gasteiger partial charge in [0.15, 0.2) is 17.3 Å². The molecule has 8 nitrogen and oxygen atoms in total. The molecular formula is C39H37ClN2O6. The summed E-state index contributed by atoms with van der Waals surface area (Å²) in [6.45, 7) is 4.55. The first-order valence-electron chi connectivity index (χ1n) is 16.1. The number of nitrogens with zero attached hydrogens (tertiary/aromatic N) is 1. The van der Waals surface area contributed by atoms with Crippen molar-refractivity contribution in [3.63, 3.8) is 0 Å². The standard InChI is InChI=1S/C39H37ClN2O6/c1-3-47-35-22-27(14-17-34(35)48-23-25-10-15-29(40)16-11-25)39-38-31(20-28(21-33(38)43)26-12-8-24(2)9-13-26)41-30-6-4-5-7-32(30)42(39)36(44)18-19-37(45)46/h4-17,22,28,39,41H,3,18-21,23H2,1-2H3,(H,45,46)/t28-,39+/m0/s1. The highest BCUT2D eigenvalue weighted by atomic mass is 35.5. The van der Waals surface area contributed by atoms with E-state index < -0.39 is 17.9 Å². The van der Waals surface area contributed by atoms with Crippen LogP contribution in [0, 0.1) is 6.92 Å².